The maximum atomic E-state index is 9.14. The molecule has 3 heteroatoms. The Morgan fingerprint density at radius 3 is 2.73 bits per heavy atom. The number of nitrogens with zero attached hydrogens (tertiary/aromatic N) is 2. The van der Waals surface area contributed by atoms with Gasteiger partial charge in [0, 0.05) is 12.1 Å². The van der Waals surface area contributed by atoms with Gasteiger partial charge in [-0.15, -0.1) is 0 Å². The molecule has 0 aromatic rings. The van der Waals surface area contributed by atoms with E-state index in [0.29, 0.717) is 12.0 Å². The summed E-state index contributed by atoms with van der Waals surface area (Å²) in [6.45, 7) is 4.42. The second-order valence-electron chi connectivity index (χ2n) is 4.92. The van der Waals surface area contributed by atoms with E-state index < -0.39 is 0 Å². The molecule has 1 N–H and O–H groups in total. The first-order valence-corrected chi connectivity index (χ1v) is 5.82. The molecule has 15 heavy (non-hydrogen) atoms. The Morgan fingerprint density at radius 2 is 2.20 bits per heavy atom. The van der Waals surface area contributed by atoms with Gasteiger partial charge in [-0.1, -0.05) is 6.92 Å². The number of nitriles is 1. The first kappa shape index (κ1) is 12.5. The number of hydrogen-bond donors (Lipinski definition) is 1. The fraction of sp³-hybridized carbons (Fsp3) is 0.917. The van der Waals surface area contributed by atoms with Crippen LogP contribution in [0.4, 0.5) is 0 Å². The zero-order chi connectivity index (χ0) is 11.4. The van der Waals surface area contributed by atoms with Crippen LogP contribution in [0.25, 0.3) is 0 Å². The third-order valence-corrected chi connectivity index (χ3v) is 3.73. The quantitative estimate of drug-likeness (QED) is 0.770. The lowest BCUT2D eigenvalue weighted by Crippen LogP contribution is -2.46. The lowest BCUT2D eigenvalue weighted by Gasteiger charge is -2.39. The van der Waals surface area contributed by atoms with Gasteiger partial charge < -0.3 is 5.11 Å². The van der Waals surface area contributed by atoms with Crippen LogP contribution in [-0.4, -0.2) is 35.7 Å². The van der Waals surface area contributed by atoms with Crippen LogP contribution >= 0.6 is 0 Å². The minimum atomic E-state index is 0.139. The molecule has 3 nitrogen and oxygen atoms in total. The van der Waals surface area contributed by atoms with E-state index in [-0.39, 0.29) is 18.6 Å². The Kier molecular flexibility index (Phi) is 4.56. The van der Waals surface area contributed by atoms with E-state index in [1.807, 2.05) is 14.0 Å². The van der Waals surface area contributed by atoms with Crippen LogP contribution in [0.5, 0.6) is 0 Å². The van der Waals surface area contributed by atoms with Crippen LogP contribution in [0.3, 0.4) is 0 Å². The van der Waals surface area contributed by atoms with Crippen molar-refractivity contribution in [2.45, 2.75) is 45.2 Å². The van der Waals surface area contributed by atoms with Crippen molar-refractivity contribution in [1.82, 2.24) is 4.90 Å². The molecule has 1 saturated carbocycles. The van der Waals surface area contributed by atoms with Gasteiger partial charge >= 0.3 is 0 Å². The third kappa shape index (κ3) is 2.93. The van der Waals surface area contributed by atoms with Crippen LogP contribution < -0.4 is 0 Å². The van der Waals surface area contributed by atoms with Crippen LogP contribution in [0, 0.1) is 23.2 Å². The minimum absolute atomic E-state index is 0.139. The van der Waals surface area contributed by atoms with Crippen molar-refractivity contribution < 1.29 is 5.11 Å². The average molecular weight is 210 g/mol. The summed E-state index contributed by atoms with van der Waals surface area (Å²) in [6, 6.07) is 2.88. The van der Waals surface area contributed by atoms with Gasteiger partial charge in [-0.25, -0.2) is 0 Å². The predicted molar refractivity (Wildman–Crippen MR) is 60.2 cm³/mol. The van der Waals surface area contributed by atoms with Crippen LogP contribution in [0.1, 0.15) is 33.1 Å². The first-order valence-electron chi connectivity index (χ1n) is 5.82. The minimum Gasteiger partial charge on any atom is -0.395 e. The zero-order valence-electron chi connectivity index (χ0n) is 9.98. The molecule has 86 valence electrons. The lowest BCUT2D eigenvalue weighted by molar-refractivity contribution is 0.0678. The maximum Gasteiger partial charge on any atom is 0.0672 e. The van der Waals surface area contributed by atoms with E-state index in [1.54, 1.807) is 0 Å². The summed E-state index contributed by atoms with van der Waals surface area (Å²) in [5, 5.41) is 18.2. The molecule has 0 spiro atoms. The molecule has 0 radical (unpaired) electrons. The summed E-state index contributed by atoms with van der Waals surface area (Å²) < 4.78 is 0. The van der Waals surface area contributed by atoms with Crippen molar-refractivity contribution in [1.29, 1.82) is 5.26 Å². The highest BCUT2D eigenvalue weighted by atomic mass is 16.3. The first-order chi connectivity index (χ1) is 7.10. The number of rotatable bonds is 3. The van der Waals surface area contributed by atoms with Crippen molar-refractivity contribution in [3.8, 4) is 6.07 Å². The highest BCUT2D eigenvalue weighted by Gasteiger charge is 2.32. The Labute approximate surface area is 92.7 Å². The van der Waals surface area contributed by atoms with Crippen LogP contribution in [-0.2, 0) is 0 Å². The van der Waals surface area contributed by atoms with Crippen molar-refractivity contribution in [3.05, 3.63) is 0 Å². The molecule has 0 aromatic heterocycles. The summed E-state index contributed by atoms with van der Waals surface area (Å²) in [4.78, 5) is 2.17. The van der Waals surface area contributed by atoms with Gasteiger partial charge in [-0.2, -0.15) is 5.26 Å². The summed E-state index contributed by atoms with van der Waals surface area (Å²) in [7, 11) is 2.02. The molecule has 1 aliphatic carbocycles. The van der Waals surface area contributed by atoms with Gasteiger partial charge in [0.15, 0.2) is 0 Å². The number of aliphatic hydroxyl groups is 1. The average Bonchev–Trinajstić information content (AvgIpc) is 2.27. The maximum absolute atomic E-state index is 9.14. The molecule has 0 aromatic carbocycles. The zero-order valence-corrected chi connectivity index (χ0v) is 9.98. The highest BCUT2D eigenvalue weighted by Crippen LogP contribution is 2.31. The lowest BCUT2D eigenvalue weighted by atomic mass is 9.79. The fourth-order valence-corrected chi connectivity index (χ4v) is 2.41. The fourth-order valence-electron chi connectivity index (χ4n) is 2.41. The topological polar surface area (TPSA) is 47.3 Å². The van der Waals surface area contributed by atoms with Gasteiger partial charge in [-0.3, -0.25) is 4.90 Å². The molecule has 0 amide bonds. The van der Waals surface area contributed by atoms with Crippen molar-refractivity contribution >= 4 is 0 Å². The predicted octanol–water partition coefficient (Wildman–Crippen LogP) is 1.63. The van der Waals surface area contributed by atoms with Crippen molar-refractivity contribution in [3.63, 3.8) is 0 Å². The Balaban J connectivity index is 2.67. The molecule has 0 bridgehead atoms. The largest absolute Gasteiger partial charge is 0.395 e. The van der Waals surface area contributed by atoms with Gasteiger partial charge in [0.1, 0.15) is 0 Å². The van der Waals surface area contributed by atoms with Crippen molar-refractivity contribution in [2.75, 3.05) is 13.7 Å². The monoisotopic (exact) mass is 210 g/mol. The van der Waals surface area contributed by atoms with E-state index in [4.69, 9.17) is 10.4 Å². The summed E-state index contributed by atoms with van der Waals surface area (Å²) in [5.74, 6) is 0.841. The van der Waals surface area contributed by atoms with Crippen LogP contribution in [0.2, 0.25) is 0 Å². The summed E-state index contributed by atoms with van der Waals surface area (Å²) in [6.07, 6.45) is 3.25. The summed E-state index contributed by atoms with van der Waals surface area (Å²) >= 11 is 0. The van der Waals surface area contributed by atoms with E-state index in [9.17, 15) is 0 Å². The molecular weight excluding hydrogens is 188 g/mol. The van der Waals surface area contributed by atoms with E-state index >= 15 is 0 Å². The van der Waals surface area contributed by atoms with Gasteiger partial charge in [0.2, 0.25) is 0 Å². The van der Waals surface area contributed by atoms with Gasteiger partial charge in [0.25, 0.3) is 0 Å². The SMILES string of the molecule is CC1CCC(C#N)C(N(C)C(C)CO)C1. The Morgan fingerprint density at radius 1 is 1.53 bits per heavy atom. The van der Waals surface area contributed by atoms with Gasteiger partial charge in [0.05, 0.1) is 18.6 Å². The second kappa shape index (κ2) is 5.48. The standard InChI is InChI=1S/C12H22N2O/c1-9-4-5-11(7-13)12(6-9)14(3)10(2)8-15/h9-12,15H,4-6,8H2,1-3H3. The Hall–Kier alpha value is -0.590. The molecular formula is C12H22N2O. The number of aliphatic hydroxyl groups excluding tert-OH is 1. The third-order valence-electron chi connectivity index (χ3n) is 3.73. The molecule has 4 atom stereocenters. The molecule has 1 fully saturated rings. The molecule has 0 saturated heterocycles. The molecule has 0 aliphatic heterocycles. The molecule has 1 aliphatic rings. The number of hydrogen-bond acceptors (Lipinski definition) is 3. The van der Waals surface area contributed by atoms with E-state index in [2.05, 4.69) is 17.9 Å². The van der Waals surface area contributed by atoms with E-state index in [1.165, 1.54) is 0 Å². The molecule has 4 unspecified atom stereocenters. The van der Waals surface area contributed by atoms with Crippen LogP contribution in [0.15, 0.2) is 0 Å². The smallest absolute Gasteiger partial charge is 0.0672 e. The highest BCUT2D eigenvalue weighted by molar-refractivity contribution is 4.97. The Bertz CT molecular complexity index is 236. The van der Waals surface area contributed by atoms with E-state index in [0.717, 1.165) is 19.3 Å². The number of likely N-dealkylation sites (N-methyl/N-ethyl adjacent to an activating group) is 1. The van der Waals surface area contributed by atoms with Crippen molar-refractivity contribution in [2.24, 2.45) is 11.8 Å². The second-order valence-corrected chi connectivity index (χ2v) is 4.92. The van der Waals surface area contributed by atoms with Gasteiger partial charge in [-0.05, 0) is 39.2 Å². The summed E-state index contributed by atoms with van der Waals surface area (Å²) in [5.41, 5.74) is 0. The normalized spacial score (nSPS) is 33.7. The molecule has 1 rings (SSSR count). The molecule has 0 heterocycles.